The lowest BCUT2D eigenvalue weighted by atomic mass is 9.93. The van der Waals surface area contributed by atoms with Crippen molar-refractivity contribution in [3.05, 3.63) is 35.9 Å². The number of esters is 1. The third-order valence-corrected chi connectivity index (χ3v) is 2.51. The van der Waals surface area contributed by atoms with Crippen LogP contribution < -0.4 is 5.73 Å². The van der Waals surface area contributed by atoms with Gasteiger partial charge in [-0.2, -0.15) is 0 Å². The molecule has 0 aliphatic rings. The highest BCUT2D eigenvalue weighted by molar-refractivity contribution is 5.85. The quantitative estimate of drug-likeness (QED) is 0.856. The Bertz CT molecular complexity index is 360. The van der Waals surface area contributed by atoms with E-state index in [1.165, 1.54) is 0 Å². The van der Waals surface area contributed by atoms with Crippen molar-refractivity contribution in [2.75, 3.05) is 6.61 Å². The van der Waals surface area contributed by atoms with Crippen LogP contribution in [-0.2, 0) is 9.53 Å². The fourth-order valence-electron chi connectivity index (χ4n) is 1.34. The normalized spacial score (nSPS) is 12.4. The predicted octanol–water partition coefficient (Wildman–Crippen LogP) is 3.09. The molecule has 0 spiro atoms. The molecule has 0 saturated carbocycles. The number of carbonyl (C=O) groups is 1. The zero-order chi connectivity index (χ0) is 12.9. The predicted molar refractivity (Wildman–Crippen MR) is 75.6 cm³/mol. The monoisotopic (exact) mass is 271 g/mol. The summed E-state index contributed by atoms with van der Waals surface area (Å²) in [6.45, 7) is 6.75. The fourth-order valence-corrected chi connectivity index (χ4v) is 1.34. The van der Waals surface area contributed by atoms with Crippen LogP contribution in [0.15, 0.2) is 30.3 Å². The molecule has 0 bridgehead atoms. The molecule has 4 heteroatoms. The van der Waals surface area contributed by atoms with Gasteiger partial charge in [-0.3, -0.25) is 0 Å². The van der Waals surface area contributed by atoms with Gasteiger partial charge >= 0.3 is 5.97 Å². The van der Waals surface area contributed by atoms with Crippen molar-refractivity contribution in [1.82, 2.24) is 0 Å². The number of hydrogen-bond acceptors (Lipinski definition) is 3. The fraction of sp³-hybridized carbons (Fsp3) is 0.500. The Kier molecular flexibility index (Phi) is 6.96. The summed E-state index contributed by atoms with van der Waals surface area (Å²) in [4.78, 5) is 11.7. The van der Waals surface area contributed by atoms with Crippen molar-refractivity contribution in [1.29, 1.82) is 0 Å². The molecule has 0 saturated heterocycles. The zero-order valence-corrected chi connectivity index (χ0v) is 12.0. The molecule has 0 fully saturated rings. The van der Waals surface area contributed by atoms with Crippen LogP contribution in [0.2, 0.25) is 0 Å². The van der Waals surface area contributed by atoms with E-state index in [-0.39, 0.29) is 23.8 Å². The first-order valence-corrected chi connectivity index (χ1v) is 5.87. The molecule has 1 rings (SSSR count). The van der Waals surface area contributed by atoms with E-state index >= 15 is 0 Å². The molecular formula is C14H22ClNO2. The molecule has 0 radical (unpaired) electrons. The van der Waals surface area contributed by atoms with Crippen LogP contribution in [-0.4, -0.2) is 12.6 Å². The summed E-state index contributed by atoms with van der Waals surface area (Å²) < 4.78 is 5.17. The minimum absolute atomic E-state index is 0. The number of halogens is 1. The van der Waals surface area contributed by atoms with Gasteiger partial charge in [0.05, 0.1) is 6.61 Å². The van der Waals surface area contributed by atoms with E-state index in [1.54, 1.807) is 0 Å². The van der Waals surface area contributed by atoms with E-state index in [9.17, 15) is 4.79 Å². The average Bonchev–Trinajstić information content (AvgIpc) is 2.27. The highest BCUT2D eigenvalue weighted by atomic mass is 35.5. The number of ether oxygens (including phenoxy) is 1. The smallest absolute Gasteiger partial charge is 0.327 e. The molecule has 18 heavy (non-hydrogen) atoms. The van der Waals surface area contributed by atoms with E-state index in [2.05, 4.69) is 20.8 Å². The molecule has 0 aromatic heterocycles. The van der Waals surface area contributed by atoms with Crippen molar-refractivity contribution >= 4 is 18.4 Å². The van der Waals surface area contributed by atoms with Crippen molar-refractivity contribution in [2.45, 2.75) is 33.2 Å². The number of hydrogen-bond donors (Lipinski definition) is 1. The Morgan fingerprint density at radius 2 is 1.83 bits per heavy atom. The Morgan fingerprint density at radius 3 is 2.33 bits per heavy atom. The standard InChI is InChI=1S/C14H21NO2.ClH/c1-14(2,3)9-10-17-13(16)12(15)11-7-5-4-6-8-11;/h4-8,12H,9-10,15H2,1-3H3;1H. The summed E-state index contributed by atoms with van der Waals surface area (Å²) in [6.07, 6.45) is 0.834. The Morgan fingerprint density at radius 1 is 1.28 bits per heavy atom. The van der Waals surface area contributed by atoms with E-state index in [1.807, 2.05) is 30.3 Å². The van der Waals surface area contributed by atoms with Crippen molar-refractivity contribution in [3.63, 3.8) is 0 Å². The molecule has 0 amide bonds. The molecule has 1 aromatic carbocycles. The summed E-state index contributed by atoms with van der Waals surface area (Å²) >= 11 is 0. The summed E-state index contributed by atoms with van der Waals surface area (Å²) in [7, 11) is 0. The van der Waals surface area contributed by atoms with Gasteiger partial charge in [-0.15, -0.1) is 12.4 Å². The number of nitrogens with two attached hydrogens (primary N) is 1. The van der Waals surface area contributed by atoms with Gasteiger partial charge in [0.1, 0.15) is 6.04 Å². The Balaban J connectivity index is 0.00000289. The third-order valence-electron chi connectivity index (χ3n) is 2.51. The maximum atomic E-state index is 11.7. The molecule has 0 heterocycles. The molecule has 102 valence electrons. The molecule has 1 unspecified atom stereocenters. The maximum absolute atomic E-state index is 11.7. The molecule has 1 aromatic rings. The molecule has 1 atom stereocenters. The average molecular weight is 272 g/mol. The van der Waals surface area contributed by atoms with Crippen molar-refractivity contribution < 1.29 is 9.53 Å². The summed E-state index contributed by atoms with van der Waals surface area (Å²) in [5, 5.41) is 0. The molecule has 0 aliphatic carbocycles. The number of rotatable bonds is 4. The molecule has 3 nitrogen and oxygen atoms in total. The lowest BCUT2D eigenvalue weighted by Crippen LogP contribution is -2.25. The van der Waals surface area contributed by atoms with Gasteiger partial charge in [0.25, 0.3) is 0 Å². The van der Waals surface area contributed by atoms with E-state index in [0.29, 0.717) is 6.61 Å². The second-order valence-corrected chi connectivity index (χ2v) is 5.37. The topological polar surface area (TPSA) is 52.3 Å². The van der Waals surface area contributed by atoms with Crippen LogP contribution in [0.1, 0.15) is 38.8 Å². The van der Waals surface area contributed by atoms with E-state index in [0.717, 1.165) is 12.0 Å². The van der Waals surface area contributed by atoms with E-state index in [4.69, 9.17) is 10.5 Å². The van der Waals surface area contributed by atoms with Crippen LogP contribution in [0, 0.1) is 5.41 Å². The highest BCUT2D eigenvalue weighted by Crippen LogP contribution is 2.19. The lowest BCUT2D eigenvalue weighted by molar-refractivity contribution is -0.146. The summed E-state index contributed by atoms with van der Waals surface area (Å²) in [5.74, 6) is -0.361. The van der Waals surface area contributed by atoms with E-state index < -0.39 is 6.04 Å². The minimum Gasteiger partial charge on any atom is -0.464 e. The highest BCUT2D eigenvalue weighted by Gasteiger charge is 2.18. The Labute approximate surface area is 115 Å². The van der Waals surface area contributed by atoms with Crippen LogP contribution in [0.3, 0.4) is 0 Å². The van der Waals surface area contributed by atoms with Crippen LogP contribution in [0.25, 0.3) is 0 Å². The number of benzene rings is 1. The lowest BCUT2D eigenvalue weighted by Gasteiger charge is -2.18. The maximum Gasteiger partial charge on any atom is 0.327 e. The second-order valence-electron chi connectivity index (χ2n) is 5.37. The van der Waals surface area contributed by atoms with Gasteiger partial charge < -0.3 is 10.5 Å². The summed E-state index contributed by atoms with van der Waals surface area (Å²) in [6, 6.07) is 8.58. The SMILES string of the molecule is CC(C)(C)CCOC(=O)C(N)c1ccccc1.Cl. The van der Waals surface area contributed by atoms with Crippen molar-refractivity contribution in [3.8, 4) is 0 Å². The van der Waals surface area contributed by atoms with Crippen LogP contribution in [0.4, 0.5) is 0 Å². The number of carbonyl (C=O) groups excluding carboxylic acids is 1. The minimum atomic E-state index is -0.684. The largest absolute Gasteiger partial charge is 0.464 e. The zero-order valence-electron chi connectivity index (χ0n) is 11.2. The first-order chi connectivity index (χ1) is 7.90. The van der Waals surface area contributed by atoms with Gasteiger partial charge in [0.2, 0.25) is 0 Å². The van der Waals surface area contributed by atoms with Crippen LogP contribution >= 0.6 is 12.4 Å². The first-order valence-electron chi connectivity index (χ1n) is 5.87. The van der Waals surface area contributed by atoms with Gasteiger partial charge in [-0.05, 0) is 17.4 Å². The third kappa shape index (κ3) is 6.03. The molecule has 0 aliphatic heterocycles. The van der Waals surface area contributed by atoms with Crippen molar-refractivity contribution in [2.24, 2.45) is 11.1 Å². The molecule has 2 N–H and O–H groups in total. The Hall–Kier alpha value is -1.06. The molecular weight excluding hydrogens is 250 g/mol. The van der Waals surface area contributed by atoms with Crippen LogP contribution in [0.5, 0.6) is 0 Å². The second kappa shape index (κ2) is 7.39. The first kappa shape index (κ1) is 16.9. The van der Waals surface area contributed by atoms with Gasteiger partial charge in [-0.1, -0.05) is 51.1 Å². The van der Waals surface area contributed by atoms with Gasteiger partial charge in [0.15, 0.2) is 0 Å². The summed E-state index contributed by atoms with van der Waals surface area (Å²) in [5.41, 5.74) is 6.76. The van der Waals surface area contributed by atoms with Gasteiger partial charge in [0, 0.05) is 0 Å². The van der Waals surface area contributed by atoms with Gasteiger partial charge in [-0.25, -0.2) is 4.79 Å².